The smallest absolute Gasteiger partial charge is 0.00391 e. The van der Waals surface area contributed by atoms with Gasteiger partial charge in [-0.1, -0.05) is 6.42 Å². The summed E-state index contributed by atoms with van der Waals surface area (Å²) >= 11 is 0. The first-order valence-corrected chi connectivity index (χ1v) is 5.76. The highest BCUT2D eigenvalue weighted by molar-refractivity contribution is 4.67. The van der Waals surface area contributed by atoms with Gasteiger partial charge < -0.3 is 10.6 Å². The Morgan fingerprint density at radius 2 is 1.31 bits per heavy atom. The summed E-state index contributed by atoms with van der Waals surface area (Å²) in [6.45, 7) is 6.95. The highest BCUT2D eigenvalue weighted by Gasteiger charge is 2.05. The Bertz CT molecular complexity index is 113. The lowest BCUT2D eigenvalue weighted by Gasteiger charge is -2.18. The average molecular weight is 184 g/mol. The van der Waals surface area contributed by atoms with Crippen molar-refractivity contribution in [3.8, 4) is 0 Å². The molecule has 2 fully saturated rings. The van der Waals surface area contributed by atoms with Gasteiger partial charge in [-0.05, 0) is 52.6 Å². The molecule has 13 heavy (non-hydrogen) atoms. The van der Waals surface area contributed by atoms with E-state index in [2.05, 4.69) is 24.5 Å². The van der Waals surface area contributed by atoms with E-state index in [4.69, 9.17) is 0 Å². The van der Waals surface area contributed by atoms with Crippen LogP contribution in [-0.4, -0.2) is 25.2 Å². The van der Waals surface area contributed by atoms with Gasteiger partial charge in [0.15, 0.2) is 0 Å². The van der Waals surface area contributed by atoms with Crippen LogP contribution in [0.1, 0.15) is 46.0 Å². The number of hydrogen-bond donors (Lipinski definition) is 2. The van der Waals surface area contributed by atoms with Crippen molar-refractivity contribution in [3.63, 3.8) is 0 Å². The lowest BCUT2D eigenvalue weighted by atomic mass is 10.1. The molecule has 2 aliphatic heterocycles. The maximum absolute atomic E-state index is 3.38. The molecule has 0 aromatic carbocycles. The zero-order chi connectivity index (χ0) is 9.52. The summed E-state index contributed by atoms with van der Waals surface area (Å²) in [5, 5.41) is 6.70. The monoisotopic (exact) mass is 184 g/mol. The topological polar surface area (TPSA) is 24.1 Å². The Hall–Kier alpha value is -0.0800. The van der Waals surface area contributed by atoms with E-state index in [9.17, 15) is 0 Å². The Balaban J connectivity index is 0.000000132. The first kappa shape index (κ1) is 11.0. The average Bonchev–Trinajstić information content (AvgIpc) is 2.58. The molecule has 0 radical (unpaired) electrons. The van der Waals surface area contributed by atoms with E-state index in [1.165, 1.54) is 45.2 Å². The van der Waals surface area contributed by atoms with Crippen LogP contribution >= 0.6 is 0 Å². The minimum atomic E-state index is 0.786. The van der Waals surface area contributed by atoms with E-state index < -0.39 is 0 Å². The maximum atomic E-state index is 3.38. The van der Waals surface area contributed by atoms with Gasteiger partial charge in [-0.3, -0.25) is 0 Å². The zero-order valence-electron chi connectivity index (χ0n) is 9.10. The molecular formula is C11H24N2. The van der Waals surface area contributed by atoms with Gasteiger partial charge in [0.1, 0.15) is 0 Å². The highest BCUT2D eigenvalue weighted by atomic mass is 14.9. The van der Waals surface area contributed by atoms with Crippen LogP contribution in [0.4, 0.5) is 0 Å². The zero-order valence-corrected chi connectivity index (χ0v) is 9.10. The Morgan fingerprint density at radius 3 is 1.54 bits per heavy atom. The van der Waals surface area contributed by atoms with Gasteiger partial charge in [-0.15, -0.1) is 0 Å². The van der Waals surface area contributed by atoms with Gasteiger partial charge in [0, 0.05) is 12.1 Å². The minimum Gasteiger partial charge on any atom is -0.314 e. The van der Waals surface area contributed by atoms with Crippen molar-refractivity contribution < 1.29 is 0 Å². The van der Waals surface area contributed by atoms with Crippen LogP contribution < -0.4 is 10.6 Å². The van der Waals surface area contributed by atoms with E-state index in [0.29, 0.717) is 0 Å². The molecule has 2 heteroatoms. The predicted octanol–water partition coefficient (Wildman–Crippen LogP) is 1.91. The van der Waals surface area contributed by atoms with Crippen molar-refractivity contribution in [2.24, 2.45) is 0 Å². The first-order valence-electron chi connectivity index (χ1n) is 5.76. The molecule has 0 bridgehead atoms. The molecule has 0 amide bonds. The van der Waals surface area contributed by atoms with Crippen LogP contribution in [0.15, 0.2) is 0 Å². The van der Waals surface area contributed by atoms with Crippen LogP contribution in [0.25, 0.3) is 0 Å². The van der Waals surface area contributed by atoms with Crippen LogP contribution in [0.3, 0.4) is 0 Å². The minimum absolute atomic E-state index is 0.786. The third kappa shape index (κ3) is 5.27. The quantitative estimate of drug-likeness (QED) is 0.601. The first-order chi connectivity index (χ1) is 6.29. The van der Waals surface area contributed by atoms with Gasteiger partial charge in [0.25, 0.3) is 0 Å². The highest BCUT2D eigenvalue weighted by Crippen LogP contribution is 2.04. The fourth-order valence-corrected chi connectivity index (χ4v) is 1.88. The molecule has 78 valence electrons. The molecule has 0 saturated carbocycles. The second-order valence-corrected chi connectivity index (χ2v) is 4.35. The summed E-state index contributed by atoms with van der Waals surface area (Å²) in [6, 6.07) is 1.58. The van der Waals surface area contributed by atoms with Crippen LogP contribution in [0.5, 0.6) is 0 Å². The van der Waals surface area contributed by atoms with Crippen molar-refractivity contribution in [3.05, 3.63) is 0 Å². The van der Waals surface area contributed by atoms with E-state index in [1.54, 1.807) is 0 Å². The fourth-order valence-electron chi connectivity index (χ4n) is 1.88. The Morgan fingerprint density at radius 1 is 0.769 bits per heavy atom. The normalized spacial score (nSPS) is 33.7. The second kappa shape index (κ2) is 6.39. The molecule has 2 rings (SSSR count). The third-order valence-corrected chi connectivity index (χ3v) is 2.86. The van der Waals surface area contributed by atoms with E-state index >= 15 is 0 Å². The molecule has 2 N–H and O–H groups in total. The lowest BCUT2D eigenvalue weighted by molar-refractivity contribution is 0.425. The lowest BCUT2D eigenvalue weighted by Crippen LogP contribution is -2.30. The van der Waals surface area contributed by atoms with E-state index in [1.807, 2.05) is 0 Å². The molecule has 0 spiro atoms. The van der Waals surface area contributed by atoms with Crippen molar-refractivity contribution in [2.75, 3.05) is 13.1 Å². The van der Waals surface area contributed by atoms with Gasteiger partial charge in [-0.2, -0.15) is 0 Å². The SMILES string of the molecule is CC1CCCCN1.CC1CCCN1. The van der Waals surface area contributed by atoms with Crippen LogP contribution in [0.2, 0.25) is 0 Å². The number of piperidine rings is 1. The summed E-state index contributed by atoms with van der Waals surface area (Å²) in [7, 11) is 0. The number of rotatable bonds is 0. The summed E-state index contributed by atoms with van der Waals surface area (Å²) in [5.41, 5.74) is 0. The predicted molar refractivity (Wildman–Crippen MR) is 58.0 cm³/mol. The Labute approximate surface area is 82.5 Å². The third-order valence-electron chi connectivity index (χ3n) is 2.86. The maximum Gasteiger partial charge on any atom is 0.00391 e. The van der Waals surface area contributed by atoms with Gasteiger partial charge >= 0.3 is 0 Å². The van der Waals surface area contributed by atoms with Crippen molar-refractivity contribution in [1.82, 2.24) is 10.6 Å². The molecule has 2 saturated heterocycles. The van der Waals surface area contributed by atoms with Crippen molar-refractivity contribution in [2.45, 2.75) is 58.0 Å². The standard InChI is InChI=1S/C6H13N.C5H11N/c1-6-4-2-3-5-7-6;1-5-3-2-4-6-5/h6-7H,2-5H2,1H3;5-6H,2-4H2,1H3. The van der Waals surface area contributed by atoms with Crippen molar-refractivity contribution in [1.29, 1.82) is 0 Å². The molecule has 2 nitrogen and oxygen atoms in total. The molecule has 0 aromatic rings. The molecule has 2 aliphatic rings. The van der Waals surface area contributed by atoms with E-state index in [0.717, 1.165) is 12.1 Å². The molecule has 2 heterocycles. The summed E-state index contributed by atoms with van der Waals surface area (Å²) in [5.74, 6) is 0. The van der Waals surface area contributed by atoms with Crippen molar-refractivity contribution >= 4 is 0 Å². The summed E-state index contributed by atoms with van der Waals surface area (Å²) in [6.07, 6.45) is 6.93. The summed E-state index contributed by atoms with van der Waals surface area (Å²) in [4.78, 5) is 0. The molecular weight excluding hydrogens is 160 g/mol. The van der Waals surface area contributed by atoms with E-state index in [-0.39, 0.29) is 0 Å². The molecule has 2 unspecified atom stereocenters. The largest absolute Gasteiger partial charge is 0.314 e. The van der Waals surface area contributed by atoms with Gasteiger partial charge in [0.05, 0.1) is 0 Å². The number of nitrogens with one attached hydrogen (secondary N) is 2. The van der Waals surface area contributed by atoms with Gasteiger partial charge in [0.2, 0.25) is 0 Å². The molecule has 0 aliphatic carbocycles. The van der Waals surface area contributed by atoms with Crippen LogP contribution in [-0.2, 0) is 0 Å². The van der Waals surface area contributed by atoms with Gasteiger partial charge in [-0.25, -0.2) is 0 Å². The van der Waals surface area contributed by atoms with Crippen LogP contribution in [0, 0.1) is 0 Å². The molecule has 2 atom stereocenters. The number of hydrogen-bond acceptors (Lipinski definition) is 2. The Kier molecular flexibility index (Phi) is 5.40. The molecule has 0 aromatic heterocycles. The second-order valence-electron chi connectivity index (χ2n) is 4.35. The fraction of sp³-hybridized carbons (Fsp3) is 1.00. The summed E-state index contributed by atoms with van der Waals surface area (Å²) < 4.78 is 0.